The van der Waals surface area contributed by atoms with Crippen molar-refractivity contribution in [3.8, 4) is 11.3 Å². The van der Waals surface area contributed by atoms with Crippen LogP contribution in [-0.4, -0.2) is 68.5 Å². The Morgan fingerprint density at radius 3 is 2.27 bits per heavy atom. The molecule has 0 radical (unpaired) electrons. The Balaban J connectivity index is 0.00000193. The predicted molar refractivity (Wildman–Crippen MR) is 140 cm³/mol. The minimum absolute atomic E-state index is 0. The highest BCUT2D eigenvalue weighted by atomic mass is 35.5. The zero-order valence-electron chi connectivity index (χ0n) is 18.7. The third kappa shape index (κ3) is 6.16. The van der Waals surface area contributed by atoms with Gasteiger partial charge < -0.3 is 14.9 Å². The first kappa shape index (κ1) is 27.3. The van der Waals surface area contributed by atoms with Gasteiger partial charge in [-0.3, -0.25) is 0 Å². The number of aliphatic hydroxyl groups excluding tert-OH is 1. The van der Waals surface area contributed by atoms with E-state index in [2.05, 4.69) is 34.9 Å². The fourth-order valence-corrected chi connectivity index (χ4v) is 5.35. The van der Waals surface area contributed by atoms with Crippen molar-refractivity contribution < 1.29 is 13.5 Å². The second-order valence-corrected chi connectivity index (χ2v) is 10.0. The zero-order valence-corrected chi connectivity index (χ0v) is 21.1. The molecule has 1 aromatic heterocycles. The molecular formula is C24H31Cl2N3O3S. The molecule has 2 heterocycles. The molecule has 0 bridgehead atoms. The monoisotopic (exact) mass is 511 g/mol. The number of aliphatic hydroxyl groups is 1. The highest BCUT2D eigenvalue weighted by Gasteiger charge is 2.20. The number of halogens is 2. The van der Waals surface area contributed by atoms with Gasteiger partial charge in [-0.15, -0.1) is 24.8 Å². The summed E-state index contributed by atoms with van der Waals surface area (Å²) < 4.78 is 24.8. The van der Waals surface area contributed by atoms with E-state index in [1.807, 2.05) is 24.3 Å². The molecule has 4 rings (SSSR count). The van der Waals surface area contributed by atoms with Crippen molar-refractivity contribution >= 4 is 51.2 Å². The topological polar surface area (TPSA) is 73.7 Å². The van der Waals surface area contributed by atoms with E-state index in [0.29, 0.717) is 0 Å². The number of pyridine rings is 1. The minimum atomic E-state index is -3.38. The molecule has 0 spiro atoms. The predicted octanol–water partition coefficient (Wildman–Crippen LogP) is 4.04. The number of benzene rings is 2. The highest BCUT2D eigenvalue weighted by Crippen LogP contribution is 2.31. The van der Waals surface area contributed by atoms with Crippen LogP contribution in [0.4, 0.5) is 5.82 Å². The normalized spacial score (nSPS) is 14.5. The number of rotatable bonds is 7. The number of anilines is 1. The molecule has 9 heteroatoms. The van der Waals surface area contributed by atoms with E-state index in [1.54, 1.807) is 12.1 Å². The SMILES string of the molecule is CCN1CCN(c2nc(-c3ccc(S(=O)(=O)CCCO)cc3)cc3ccccc23)CC1.Cl.Cl. The molecule has 33 heavy (non-hydrogen) atoms. The molecule has 1 fully saturated rings. The lowest BCUT2D eigenvalue weighted by Gasteiger charge is -2.35. The molecule has 1 N–H and O–H groups in total. The Hall–Kier alpha value is -1.90. The highest BCUT2D eigenvalue weighted by molar-refractivity contribution is 7.91. The second-order valence-electron chi connectivity index (χ2n) is 7.89. The molecule has 2 aromatic carbocycles. The smallest absolute Gasteiger partial charge is 0.178 e. The summed E-state index contributed by atoms with van der Waals surface area (Å²) in [5, 5.41) is 11.2. The van der Waals surface area contributed by atoms with Gasteiger partial charge in [0.2, 0.25) is 0 Å². The number of sulfone groups is 1. The largest absolute Gasteiger partial charge is 0.396 e. The average molecular weight is 513 g/mol. The zero-order chi connectivity index (χ0) is 21.8. The van der Waals surface area contributed by atoms with Crippen molar-refractivity contribution in [3.05, 3.63) is 54.6 Å². The van der Waals surface area contributed by atoms with Crippen molar-refractivity contribution in [1.82, 2.24) is 9.88 Å². The van der Waals surface area contributed by atoms with Crippen LogP contribution >= 0.6 is 24.8 Å². The van der Waals surface area contributed by atoms with Gasteiger partial charge in [-0.1, -0.05) is 43.3 Å². The maximum absolute atomic E-state index is 12.4. The number of likely N-dealkylation sites (N-methyl/N-ethyl adjacent to an activating group) is 1. The van der Waals surface area contributed by atoms with Crippen LogP contribution < -0.4 is 4.90 Å². The maximum Gasteiger partial charge on any atom is 0.178 e. The van der Waals surface area contributed by atoms with E-state index in [1.165, 1.54) is 0 Å². The first-order chi connectivity index (χ1) is 15.0. The summed E-state index contributed by atoms with van der Waals surface area (Å²) in [5.74, 6) is 0.939. The van der Waals surface area contributed by atoms with Crippen molar-refractivity contribution in [2.24, 2.45) is 0 Å². The lowest BCUT2D eigenvalue weighted by atomic mass is 10.1. The van der Waals surface area contributed by atoms with Gasteiger partial charge in [-0.25, -0.2) is 13.4 Å². The molecule has 0 saturated carbocycles. The van der Waals surface area contributed by atoms with Crippen LogP contribution in [0.25, 0.3) is 22.0 Å². The number of hydrogen-bond acceptors (Lipinski definition) is 6. The molecule has 0 aliphatic carbocycles. The summed E-state index contributed by atoms with van der Waals surface area (Å²) >= 11 is 0. The van der Waals surface area contributed by atoms with Crippen LogP contribution in [0.2, 0.25) is 0 Å². The molecule has 0 unspecified atom stereocenters. The lowest BCUT2D eigenvalue weighted by molar-refractivity contribution is 0.271. The first-order valence-corrected chi connectivity index (χ1v) is 12.5. The Morgan fingerprint density at radius 1 is 0.970 bits per heavy atom. The third-order valence-electron chi connectivity index (χ3n) is 5.92. The quantitative estimate of drug-likeness (QED) is 0.515. The van der Waals surface area contributed by atoms with Crippen LogP contribution in [0, 0.1) is 0 Å². The van der Waals surface area contributed by atoms with Gasteiger partial charge in [-0.2, -0.15) is 0 Å². The standard InChI is InChI=1S/C24H29N3O3S.2ClH/c1-2-26-12-14-27(15-13-26)24-22-7-4-3-6-20(22)18-23(25-24)19-8-10-21(11-9-19)31(29,30)17-5-16-28;;/h3-4,6-11,18,28H,2,5,12-17H2,1H3;2*1H. The number of piperazine rings is 1. The molecule has 6 nitrogen and oxygen atoms in total. The average Bonchev–Trinajstić information content (AvgIpc) is 2.82. The van der Waals surface area contributed by atoms with E-state index in [0.717, 1.165) is 60.6 Å². The van der Waals surface area contributed by atoms with Gasteiger partial charge >= 0.3 is 0 Å². The molecule has 0 atom stereocenters. The summed E-state index contributed by atoms with van der Waals surface area (Å²) in [4.78, 5) is 10.1. The van der Waals surface area contributed by atoms with Crippen molar-refractivity contribution in [3.63, 3.8) is 0 Å². The Labute approximate surface area is 208 Å². The van der Waals surface area contributed by atoms with E-state index < -0.39 is 9.84 Å². The van der Waals surface area contributed by atoms with Crippen molar-refractivity contribution in [2.75, 3.05) is 50.0 Å². The Morgan fingerprint density at radius 2 is 1.64 bits per heavy atom. The van der Waals surface area contributed by atoms with Gasteiger partial charge in [0, 0.05) is 43.7 Å². The van der Waals surface area contributed by atoms with Gasteiger partial charge in [0.05, 0.1) is 16.3 Å². The van der Waals surface area contributed by atoms with Gasteiger partial charge in [0.1, 0.15) is 5.82 Å². The number of aromatic nitrogens is 1. The van der Waals surface area contributed by atoms with E-state index in [4.69, 9.17) is 10.1 Å². The fraction of sp³-hybridized carbons (Fsp3) is 0.375. The van der Waals surface area contributed by atoms with Crippen LogP contribution in [0.15, 0.2) is 59.5 Å². The van der Waals surface area contributed by atoms with E-state index in [-0.39, 0.29) is 48.5 Å². The Bertz CT molecular complexity index is 1150. The summed E-state index contributed by atoms with van der Waals surface area (Å²) in [6, 6.07) is 17.3. The Kier molecular flexibility index (Phi) is 9.94. The van der Waals surface area contributed by atoms with Crippen LogP contribution in [0.5, 0.6) is 0 Å². The molecule has 0 amide bonds. The van der Waals surface area contributed by atoms with Gasteiger partial charge in [0.25, 0.3) is 0 Å². The molecule has 1 aliphatic rings. The molecule has 1 saturated heterocycles. The molecule has 1 aliphatic heterocycles. The van der Waals surface area contributed by atoms with Gasteiger partial charge in [0.15, 0.2) is 9.84 Å². The third-order valence-corrected chi connectivity index (χ3v) is 7.74. The fourth-order valence-electron chi connectivity index (χ4n) is 4.05. The van der Waals surface area contributed by atoms with Gasteiger partial charge in [-0.05, 0) is 36.6 Å². The number of hydrogen-bond donors (Lipinski definition) is 1. The van der Waals surface area contributed by atoms with E-state index in [9.17, 15) is 8.42 Å². The van der Waals surface area contributed by atoms with Crippen molar-refractivity contribution in [1.29, 1.82) is 0 Å². The van der Waals surface area contributed by atoms with Crippen LogP contribution in [-0.2, 0) is 9.84 Å². The minimum Gasteiger partial charge on any atom is -0.396 e. The van der Waals surface area contributed by atoms with Crippen LogP contribution in [0.1, 0.15) is 13.3 Å². The first-order valence-electron chi connectivity index (χ1n) is 10.8. The summed E-state index contributed by atoms with van der Waals surface area (Å²) in [6.07, 6.45) is 0.241. The summed E-state index contributed by atoms with van der Waals surface area (Å²) in [7, 11) is -3.38. The molecule has 3 aromatic rings. The van der Waals surface area contributed by atoms with Crippen molar-refractivity contribution in [2.45, 2.75) is 18.2 Å². The molecular weight excluding hydrogens is 481 g/mol. The molecule has 180 valence electrons. The summed E-state index contributed by atoms with van der Waals surface area (Å²) in [5.41, 5.74) is 1.73. The maximum atomic E-state index is 12.4. The second kappa shape index (κ2) is 12.0. The number of nitrogens with zero attached hydrogens (tertiary/aromatic N) is 3. The van der Waals surface area contributed by atoms with Crippen LogP contribution in [0.3, 0.4) is 0 Å². The number of fused-ring (bicyclic) bond motifs is 1. The lowest BCUT2D eigenvalue weighted by Crippen LogP contribution is -2.46. The summed E-state index contributed by atoms with van der Waals surface area (Å²) in [6.45, 7) is 7.06. The van der Waals surface area contributed by atoms with E-state index >= 15 is 0 Å².